The maximum absolute atomic E-state index is 4.60. The quantitative estimate of drug-likeness (QED) is 0.228. The van der Waals surface area contributed by atoms with Crippen molar-refractivity contribution in [1.82, 2.24) is 0 Å². The van der Waals surface area contributed by atoms with Gasteiger partial charge in [0.1, 0.15) is 0 Å². The van der Waals surface area contributed by atoms with E-state index >= 15 is 0 Å². The average Bonchev–Trinajstić information content (AvgIpc) is 2.97. The molecular weight excluding hydrogens is 520 g/mol. The van der Waals surface area contributed by atoms with Crippen LogP contribution in [0.4, 0.5) is 28.4 Å². The minimum absolute atomic E-state index is 0.0403. The summed E-state index contributed by atoms with van der Waals surface area (Å²) in [6.07, 6.45) is 12.6. The second kappa shape index (κ2) is 12.0. The van der Waals surface area contributed by atoms with Gasteiger partial charge in [0.2, 0.25) is 0 Å². The Hall–Kier alpha value is -4.48. The predicted octanol–water partition coefficient (Wildman–Crippen LogP) is 11.0. The zero-order valence-corrected chi connectivity index (χ0v) is 26.8. The van der Waals surface area contributed by atoms with Crippen LogP contribution in [0, 0.1) is 26.2 Å². The molecule has 6 rings (SSSR count). The van der Waals surface area contributed by atoms with Gasteiger partial charge in [-0.3, -0.25) is 0 Å². The molecule has 0 aliphatic carbocycles. The van der Waals surface area contributed by atoms with Crippen LogP contribution in [0.15, 0.2) is 115 Å². The Kier molecular flexibility index (Phi) is 8.38. The van der Waals surface area contributed by atoms with Gasteiger partial charge >= 0.3 is 0 Å². The van der Waals surface area contributed by atoms with Crippen LogP contribution in [-0.2, 0) is 10.8 Å². The van der Waals surface area contributed by atoms with Crippen molar-refractivity contribution >= 4 is 28.4 Å². The molecule has 2 aliphatic heterocycles. The van der Waals surface area contributed by atoms with Crippen LogP contribution in [-0.4, -0.2) is 6.54 Å². The minimum atomic E-state index is -0.110. The van der Waals surface area contributed by atoms with Crippen molar-refractivity contribution in [3.63, 3.8) is 0 Å². The van der Waals surface area contributed by atoms with E-state index in [1.54, 1.807) is 6.92 Å². The summed E-state index contributed by atoms with van der Waals surface area (Å²) in [5.74, 6) is 2.25. The zero-order valence-electron chi connectivity index (χ0n) is 26.8. The maximum Gasteiger partial charge on any atom is 0.0466 e. The van der Waals surface area contributed by atoms with E-state index in [1.165, 1.54) is 50.6 Å². The number of terminal acetylenes is 1. The first-order valence-electron chi connectivity index (χ1n) is 15.3. The third kappa shape index (κ3) is 5.91. The van der Waals surface area contributed by atoms with Crippen LogP contribution in [0.1, 0.15) is 63.3 Å². The molecule has 2 heterocycles. The smallest absolute Gasteiger partial charge is 0.0466 e. The first-order chi connectivity index (χ1) is 20.6. The van der Waals surface area contributed by atoms with Gasteiger partial charge in [-0.15, -0.1) is 12.3 Å². The van der Waals surface area contributed by atoms with Crippen LogP contribution in [0.5, 0.6) is 0 Å². The first kappa shape index (κ1) is 30.0. The number of anilines is 5. The average molecular weight is 565 g/mol. The summed E-state index contributed by atoms with van der Waals surface area (Å²) in [6.45, 7) is 16.4. The summed E-state index contributed by atoms with van der Waals surface area (Å²) in [6, 6.07) is 33.7. The molecule has 0 amide bonds. The predicted molar refractivity (Wildman–Crippen MR) is 186 cm³/mol. The Morgan fingerprint density at radius 2 is 1.35 bits per heavy atom. The number of para-hydroxylation sites is 2. The largest absolute Gasteiger partial charge is 0.337 e. The van der Waals surface area contributed by atoms with Crippen molar-refractivity contribution in [2.75, 3.05) is 16.3 Å². The highest BCUT2D eigenvalue weighted by Gasteiger charge is 2.38. The molecule has 2 aliphatic rings. The van der Waals surface area contributed by atoms with Crippen LogP contribution in [0.3, 0.4) is 0 Å². The number of rotatable bonds is 3. The molecule has 4 aromatic carbocycles. The summed E-state index contributed by atoms with van der Waals surface area (Å²) >= 11 is 0. The number of hydrogen-bond acceptors (Lipinski definition) is 2. The lowest BCUT2D eigenvalue weighted by molar-refractivity contribution is 0.530. The number of nitrogens with zero attached hydrogens (tertiary/aromatic N) is 2. The van der Waals surface area contributed by atoms with Gasteiger partial charge < -0.3 is 9.80 Å². The van der Waals surface area contributed by atoms with Gasteiger partial charge in [0.15, 0.2) is 0 Å². The molecule has 0 radical (unpaired) electrons. The Morgan fingerprint density at radius 3 is 2.05 bits per heavy atom. The van der Waals surface area contributed by atoms with Crippen molar-refractivity contribution in [3.05, 3.63) is 137 Å². The monoisotopic (exact) mass is 564 g/mol. The summed E-state index contributed by atoms with van der Waals surface area (Å²) < 4.78 is 0. The third-order valence-electron chi connectivity index (χ3n) is 8.80. The van der Waals surface area contributed by atoms with E-state index in [0.717, 1.165) is 18.7 Å². The Morgan fingerprint density at radius 1 is 0.721 bits per heavy atom. The number of hydrogen-bond donors (Lipinski definition) is 0. The summed E-state index contributed by atoms with van der Waals surface area (Å²) in [5, 5.41) is 0. The van der Waals surface area contributed by atoms with Gasteiger partial charge in [-0.1, -0.05) is 88.4 Å². The van der Waals surface area contributed by atoms with E-state index in [2.05, 4.69) is 173 Å². The van der Waals surface area contributed by atoms with Gasteiger partial charge in [-0.2, -0.15) is 0 Å². The van der Waals surface area contributed by atoms with Crippen LogP contribution in [0.2, 0.25) is 0 Å². The lowest BCUT2D eigenvalue weighted by Crippen LogP contribution is -2.38. The van der Waals surface area contributed by atoms with Crippen molar-refractivity contribution in [2.45, 2.75) is 65.7 Å². The fourth-order valence-electron chi connectivity index (χ4n) is 6.54. The highest BCUT2D eigenvalue weighted by atomic mass is 15.2. The molecule has 2 heteroatoms. The molecule has 4 aromatic rings. The van der Waals surface area contributed by atoms with Gasteiger partial charge in [0.25, 0.3) is 0 Å². The number of fused-ring (bicyclic) bond motifs is 6. The Labute approximate surface area is 259 Å². The molecule has 2 nitrogen and oxygen atoms in total. The van der Waals surface area contributed by atoms with Gasteiger partial charge in [0.05, 0.1) is 0 Å². The number of benzene rings is 4. The van der Waals surface area contributed by atoms with E-state index in [9.17, 15) is 0 Å². The fraction of sp³-hybridized carbons (Fsp3) is 0.268. The lowest BCUT2D eigenvalue weighted by atomic mass is 9.72. The van der Waals surface area contributed by atoms with Crippen LogP contribution < -0.4 is 9.80 Å². The van der Waals surface area contributed by atoms with E-state index < -0.39 is 0 Å². The van der Waals surface area contributed by atoms with Crippen LogP contribution in [0.25, 0.3) is 0 Å². The molecule has 0 spiro atoms. The van der Waals surface area contributed by atoms with Gasteiger partial charge in [-0.25, -0.2) is 0 Å². The van der Waals surface area contributed by atoms with Gasteiger partial charge in [-0.05, 0) is 109 Å². The molecule has 2 bridgehead atoms. The Balaban J connectivity index is 0.00000118. The molecule has 0 fully saturated rings. The first-order valence-corrected chi connectivity index (χ1v) is 15.3. The highest BCUT2D eigenvalue weighted by molar-refractivity contribution is 5.82. The molecule has 0 saturated heterocycles. The van der Waals surface area contributed by atoms with Gasteiger partial charge in [0, 0.05) is 40.4 Å². The zero-order chi connectivity index (χ0) is 30.8. The van der Waals surface area contributed by atoms with Crippen LogP contribution >= 0.6 is 0 Å². The topological polar surface area (TPSA) is 6.48 Å². The fourth-order valence-corrected chi connectivity index (χ4v) is 6.54. The molecular formula is C41H44N2. The summed E-state index contributed by atoms with van der Waals surface area (Å²) in [5.41, 5.74) is 12.8. The maximum atomic E-state index is 4.60. The second-order valence-electron chi connectivity index (χ2n) is 12.9. The standard InChI is InChI=1S/C38H40N2.C3H4/c1-27-22-28(2)24-32(23-27)40(30-15-8-7-9-16-30)31-19-20-36-34(25-31)38(5,6)29-14-12-13-21-37(3,4)33-17-10-11-18-35(33)39(36)26-29;1-3-2/h7-20,22-25H,21,26H2,1-6H3;1H,2H3/b13-12-,29-14+;. The van der Waals surface area contributed by atoms with Crippen molar-refractivity contribution in [3.8, 4) is 12.3 Å². The normalized spacial score (nSPS) is 17.9. The second-order valence-corrected chi connectivity index (χ2v) is 12.9. The van der Waals surface area contributed by atoms with Crippen molar-refractivity contribution < 1.29 is 0 Å². The summed E-state index contributed by atoms with van der Waals surface area (Å²) in [7, 11) is 0. The van der Waals surface area contributed by atoms with Crippen molar-refractivity contribution in [1.29, 1.82) is 0 Å². The lowest BCUT2D eigenvalue weighted by Gasteiger charge is -2.45. The molecule has 0 saturated carbocycles. The molecule has 43 heavy (non-hydrogen) atoms. The van der Waals surface area contributed by atoms with E-state index in [4.69, 9.17) is 0 Å². The minimum Gasteiger partial charge on any atom is -0.337 e. The van der Waals surface area contributed by atoms with E-state index in [0.29, 0.717) is 0 Å². The van der Waals surface area contributed by atoms with Crippen molar-refractivity contribution in [2.24, 2.45) is 0 Å². The molecule has 0 atom stereocenters. The molecule has 218 valence electrons. The molecule has 0 unspecified atom stereocenters. The van der Waals surface area contributed by atoms with E-state index in [1.807, 2.05) is 0 Å². The summed E-state index contributed by atoms with van der Waals surface area (Å²) in [4.78, 5) is 4.95. The third-order valence-corrected chi connectivity index (χ3v) is 8.80. The Bertz CT molecular complexity index is 1690. The SMILES string of the molecule is C#CC.Cc1cc(C)cc(N(c2ccccc2)c2ccc3c(c2)C(C)(C)/C2=C/C=C\CC(C)(C)c4ccccc4N3C2)c1. The number of aryl methyl sites for hydroxylation is 2. The number of allylic oxidation sites excluding steroid dienone is 3. The highest BCUT2D eigenvalue weighted by Crippen LogP contribution is 2.50. The van der Waals surface area contributed by atoms with E-state index in [-0.39, 0.29) is 10.8 Å². The molecule has 0 aromatic heterocycles. The molecule has 0 N–H and O–H groups in total.